The van der Waals surface area contributed by atoms with Gasteiger partial charge in [-0.1, -0.05) is 0 Å². The van der Waals surface area contributed by atoms with Crippen molar-refractivity contribution in [3.8, 4) is 0 Å². The van der Waals surface area contributed by atoms with Gasteiger partial charge in [-0.2, -0.15) is 0 Å². The van der Waals surface area contributed by atoms with Crippen LogP contribution in [0.4, 0.5) is 0 Å². The predicted octanol–water partition coefficient (Wildman–Crippen LogP) is 1.78. The number of fused-ring (bicyclic) bond motifs is 1. The van der Waals surface area contributed by atoms with Gasteiger partial charge in [0.2, 0.25) is 11.8 Å². The van der Waals surface area contributed by atoms with E-state index in [4.69, 9.17) is 5.73 Å². The summed E-state index contributed by atoms with van der Waals surface area (Å²) in [6.07, 6.45) is 5.06. The van der Waals surface area contributed by atoms with Crippen LogP contribution in [0.25, 0.3) is 0 Å². The summed E-state index contributed by atoms with van der Waals surface area (Å²) < 4.78 is 0. The minimum atomic E-state index is -0.225. The fraction of sp³-hybridized carbons (Fsp3) is 0.667. The standard InChI is InChI=1S/C18H25N3O2S/c19-18(23)13-3-7-20(8-4-13)16(22)11-21-9-5-15-14(6-10-24-15)17(21)12-1-2-12/h6,10,12-13,17H,1-5,7-9,11H2,(H2,19,23)/t17-/m1/s1. The highest BCUT2D eigenvalue weighted by atomic mass is 32.1. The Morgan fingerprint density at radius 3 is 2.58 bits per heavy atom. The number of primary amides is 1. The highest BCUT2D eigenvalue weighted by Crippen LogP contribution is 2.48. The van der Waals surface area contributed by atoms with Crippen molar-refractivity contribution in [2.45, 2.75) is 38.1 Å². The van der Waals surface area contributed by atoms with Crippen molar-refractivity contribution < 1.29 is 9.59 Å². The number of rotatable bonds is 4. The van der Waals surface area contributed by atoms with Gasteiger partial charge in [-0.15, -0.1) is 11.3 Å². The number of thiophene rings is 1. The van der Waals surface area contributed by atoms with Crippen LogP contribution in [0, 0.1) is 11.8 Å². The van der Waals surface area contributed by atoms with Gasteiger partial charge in [-0.3, -0.25) is 14.5 Å². The quantitative estimate of drug-likeness (QED) is 0.903. The van der Waals surface area contributed by atoms with Crippen LogP contribution in [0.5, 0.6) is 0 Å². The zero-order valence-corrected chi connectivity index (χ0v) is 14.8. The van der Waals surface area contributed by atoms with Crippen molar-refractivity contribution in [2.75, 3.05) is 26.2 Å². The molecule has 1 aromatic heterocycles. The zero-order valence-electron chi connectivity index (χ0n) is 13.9. The molecule has 0 aromatic carbocycles. The van der Waals surface area contributed by atoms with Gasteiger partial charge in [0.15, 0.2) is 0 Å². The first-order valence-electron chi connectivity index (χ1n) is 9.01. The molecule has 6 heteroatoms. The van der Waals surface area contributed by atoms with E-state index in [0.29, 0.717) is 38.5 Å². The van der Waals surface area contributed by atoms with Crippen molar-refractivity contribution in [3.63, 3.8) is 0 Å². The molecule has 1 atom stereocenters. The van der Waals surface area contributed by atoms with Crippen molar-refractivity contribution in [2.24, 2.45) is 17.6 Å². The van der Waals surface area contributed by atoms with Gasteiger partial charge in [0.1, 0.15) is 0 Å². The molecule has 3 heterocycles. The first-order chi connectivity index (χ1) is 11.6. The van der Waals surface area contributed by atoms with E-state index in [1.54, 1.807) is 0 Å². The Bertz CT molecular complexity index is 632. The molecule has 1 saturated heterocycles. The third kappa shape index (κ3) is 3.09. The number of nitrogens with zero attached hydrogens (tertiary/aromatic N) is 2. The number of nitrogens with two attached hydrogens (primary N) is 1. The molecule has 1 aromatic rings. The summed E-state index contributed by atoms with van der Waals surface area (Å²) in [7, 11) is 0. The number of carbonyl (C=O) groups excluding carboxylic acids is 2. The van der Waals surface area contributed by atoms with Gasteiger partial charge in [-0.25, -0.2) is 0 Å². The topological polar surface area (TPSA) is 66.6 Å². The number of amides is 2. The van der Waals surface area contributed by atoms with Crippen LogP contribution >= 0.6 is 11.3 Å². The summed E-state index contributed by atoms with van der Waals surface area (Å²) in [4.78, 5) is 29.9. The molecule has 1 aliphatic carbocycles. The number of carbonyl (C=O) groups is 2. The van der Waals surface area contributed by atoms with Crippen LogP contribution in [0.1, 0.15) is 42.2 Å². The lowest BCUT2D eigenvalue weighted by Crippen LogP contribution is -2.48. The van der Waals surface area contributed by atoms with E-state index < -0.39 is 0 Å². The van der Waals surface area contributed by atoms with E-state index in [1.165, 1.54) is 23.3 Å². The average molecular weight is 347 g/mol. The van der Waals surface area contributed by atoms with Crippen molar-refractivity contribution >= 4 is 23.2 Å². The van der Waals surface area contributed by atoms with Crippen LogP contribution in [0.2, 0.25) is 0 Å². The predicted molar refractivity (Wildman–Crippen MR) is 93.6 cm³/mol. The Kier molecular flexibility index (Phi) is 4.35. The van der Waals surface area contributed by atoms with Crippen LogP contribution in [-0.4, -0.2) is 47.8 Å². The SMILES string of the molecule is NC(=O)C1CCN(C(=O)CN2CCc3sccc3[C@H]2C2CC2)CC1. The number of hydrogen-bond donors (Lipinski definition) is 1. The van der Waals surface area contributed by atoms with Gasteiger partial charge >= 0.3 is 0 Å². The number of likely N-dealkylation sites (tertiary alicyclic amines) is 1. The normalized spacial score (nSPS) is 25.5. The van der Waals surface area contributed by atoms with Gasteiger partial charge < -0.3 is 10.6 Å². The summed E-state index contributed by atoms with van der Waals surface area (Å²) in [5.74, 6) is 0.655. The summed E-state index contributed by atoms with van der Waals surface area (Å²) in [5, 5.41) is 2.19. The maximum Gasteiger partial charge on any atom is 0.236 e. The van der Waals surface area contributed by atoms with E-state index in [2.05, 4.69) is 16.3 Å². The van der Waals surface area contributed by atoms with E-state index in [1.807, 2.05) is 16.2 Å². The Balaban J connectivity index is 1.40. The second-order valence-electron chi connectivity index (χ2n) is 7.36. The third-order valence-electron chi connectivity index (χ3n) is 5.77. The average Bonchev–Trinajstić information content (AvgIpc) is 3.31. The van der Waals surface area contributed by atoms with E-state index >= 15 is 0 Å². The maximum absolute atomic E-state index is 12.8. The van der Waals surface area contributed by atoms with Gasteiger partial charge in [-0.05, 0) is 55.0 Å². The molecule has 5 nitrogen and oxygen atoms in total. The van der Waals surface area contributed by atoms with E-state index in [9.17, 15) is 9.59 Å². The fourth-order valence-electron chi connectivity index (χ4n) is 4.23. The molecule has 130 valence electrons. The molecule has 0 spiro atoms. The monoisotopic (exact) mass is 347 g/mol. The highest BCUT2D eigenvalue weighted by molar-refractivity contribution is 7.10. The largest absolute Gasteiger partial charge is 0.369 e. The van der Waals surface area contributed by atoms with Crippen molar-refractivity contribution in [1.29, 1.82) is 0 Å². The summed E-state index contributed by atoms with van der Waals surface area (Å²) in [6.45, 7) is 2.83. The van der Waals surface area contributed by atoms with Gasteiger partial charge in [0.25, 0.3) is 0 Å². The molecule has 0 radical (unpaired) electrons. The molecule has 2 aliphatic heterocycles. The van der Waals surface area contributed by atoms with Gasteiger partial charge in [0.05, 0.1) is 6.54 Å². The van der Waals surface area contributed by atoms with Crippen LogP contribution in [0.3, 0.4) is 0 Å². The lowest BCUT2D eigenvalue weighted by molar-refractivity contribution is -0.136. The molecule has 1 saturated carbocycles. The summed E-state index contributed by atoms with van der Waals surface area (Å²) >= 11 is 1.86. The molecule has 2 N–H and O–H groups in total. The first kappa shape index (κ1) is 16.1. The highest BCUT2D eigenvalue weighted by Gasteiger charge is 2.41. The van der Waals surface area contributed by atoms with E-state index in [-0.39, 0.29) is 17.7 Å². The van der Waals surface area contributed by atoms with Gasteiger partial charge in [0, 0.05) is 36.5 Å². The first-order valence-corrected chi connectivity index (χ1v) is 9.89. The van der Waals surface area contributed by atoms with Crippen molar-refractivity contribution in [3.05, 3.63) is 21.9 Å². The molecular formula is C18H25N3O2S. The zero-order chi connectivity index (χ0) is 16.7. The van der Waals surface area contributed by atoms with Crippen LogP contribution in [-0.2, 0) is 16.0 Å². The summed E-state index contributed by atoms with van der Waals surface area (Å²) in [6, 6.07) is 2.70. The minimum absolute atomic E-state index is 0.0587. The Labute approximate surface area is 146 Å². The second-order valence-corrected chi connectivity index (χ2v) is 8.36. The van der Waals surface area contributed by atoms with Crippen LogP contribution < -0.4 is 5.73 Å². The Morgan fingerprint density at radius 2 is 1.92 bits per heavy atom. The third-order valence-corrected chi connectivity index (χ3v) is 6.77. The molecule has 2 fully saturated rings. The fourth-order valence-corrected chi connectivity index (χ4v) is 5.14. The molecule has 2 amide bonds. The second kappa shape index (κ2) is 6.48. The van der Waals surface area contributed by atoms with Crippen LogP contribution in [0.15, 0.2) is 11.4 Å². The molecule has 24 heavy (non-hydrogen) atoms. The number of piperidine rings is 1. The maximum atomic E-state index is 12.8. The van der Waals surface area contributed by atoms with E-state index in [0.717, 1.165) is 18.9 Å². The Morgan fingerprint density at radius 1 is 1.17 bits per heavy atom. The minimum Gasteiger partial charge on any atom is -0.369 e. The molecule has 0 bridgehead atoms. The lowest BCUT2D eigenvalue weighted by atomic mass is 9.95. The molecule has 0 unspecified atom stereocenters. The molecular weight excluding hydrogens is 322 g/mol. The Hall–Kier alpha value is -1.40. The molecule has 4 rings (SSSR count). The smallest absolute Gasteiger partial charge is 0.236 e. The number of hydrogen-bond acceptors (Lipinski definition) is 4. The van der Waals surface area contributed by atoms with Crippen molar-refractivity contribution in [1.82, 2.24) is 9.80 Å². The lowest BCUT2D eigenvalue weighted by Gasteiger charge is -2.38. The molecule has 3 aliphatic rings. The summed E-state index contributed by atoms with van der Waals surface area (Å²) in [5.41, 5.74) is 6.85.